The van der Waals surface area contributed by atoms with Gasteiger partial charge in [0.2, 0.25) is 0 Å². The number of aliphatic hydroxyl groups excluding tert-OH is 1. The van der Waals surface area contributed by atoms with Crippen molar-refractivity contribution in [3.8, 4) is 0 Å². The molecule has 2 heterocycles. The summed E-state index contributed by atoms with van der Waals surface area (Å²) in [6, 6.07) is 10.7. The van der Waals surface area contributed by atoms with Gasteiger partial charge in [0.1, 0.15) is 12.7 Å². The van der Waals surface area contributed by atoms with Gasteiger partial charge in [0.05, 0.1) is 41.5 Å². The zero-order valence-electron chi connectivity index (χ0n) is 19.9. The Hall–Kier alpha value is -2.96. The van der Waals surface area contributed by atoms with E-state index in [9.17, 15) is 31.4 Å². The molecule has 1 aliphatic rings. The Kier molecular flexibility index (Phi) is 7.37. The third-order valence-electron chi connectivity index (χ3n) is 7.02. The average molecular weight is 528 g/mol. The fourth-order valence-corrected chi connectivity index (χ4v) is 4.63. The van der Waals surface area contributed by atoms with Gasteiger partial charge in [-0.25, -0.2) is 0 Å². The maximum Gasteiger partial charge on any atom is 0.416 e. The second kappa shape index (κ2) is 10.1. The van der Waals surface area contributed by atoms with E-state index >= 15 is 0 Å². The van der Waals surface area contributed by atoms with Crippen LogP contribution in [0.3, 0.4) is 0 Å². The van der Waals surface area contributed by atoms with Crippen LogP contribution >= 0.6 is 0 Å². The van der Waals surface area contributed by atoms with Gasteiger partial charge in [-0.2, -0.15) is 26.3 Å². The maximum absolute atomic E-state index is 13.3. The quantitative estimate of drug-likeness (QED) is 0.420. The van der Waals surface area contributed by atoms with Gasteiger partial charge in [0.15, 0.2) is 0 Å². The zero-order chi connectivity index (χ0) is 26.9. The first-order chi connectivity index (χ1) is 17.4. The SMILES string of the molecule is CC(OCC1(c2ccccc2)CCC(CO)(n2cnnc2)CN1)c1cc(C(F)(F)F)cc(C(F)(F)F)c1. The van der Waals surface area contributed by atoms with Crippen LogP contribution in [0.15, 0.2) is 61.2 Å². The van der Waals surface area contributed by atoms with E-state index in [2.05, 4.69) is 15.5 Å². The van der Waals surface area contributed by atoms with Crippen molar-refractivity contribution in [1.82, 2.24) is 20.1 Å². The molecule has 0 aliphatic carbocycles. The number of nitrogens with zero attached hydrogens (tertiary/aromatic N) is 3. The van der Waals surface area contributed by atoms with E-state index in [4.69, 9.17) is 4.74 Å². The highest BCUT2D eigenvalue weighted by molar-refractivity contribution is 5.35. The van der Waals surface area contributed by atoms with Crippen molar-refractivity contribution < 1.29 is 36.2 Å². The second-order valence-electron chi connectivity index (χ2n) is 9.35. The van der Waals surface area contributed by atoms with E-state index in [0.29, 0.717) is 31.5 Å². The van der Waals surface area contributed by atoms with Gasteiger partial charge in [-0.15, -0.1) is 10.2 Å². The molecule has 4 rings (SSSR count). The van der Waals surface area contributed by atoms with E-state index in [-0.39, 0.29) is 24.8 Å². The second-order valence-corrected chi connectivity index (χ2v) is 9.35. The lowest BCUT2D eigenvalue weighted by Gasteiger charge is -2.47. The molecular formula is C25H26F6N4O2. The molecule has 1 saturated heterocycles. The normalized spacial score (nSPS) is 23.7. The molecule has 2 N–H and O–H groups in total. The molecule has 200 valence electrons. The van der Waals surface area contributed by atoms with Crippen molar-refractivity contribution in [3.63, 3.8) is 0 Å². The molecule has 1 aliphatic heterocycles. The minimum Gasteiger partial charge on any atom is -0.394 e. The van der Waals surface area contributed by atoms with Crippen LogP contribution in [0.1, 0.15) is 48.1 Å². The Balaban J connectivity index is 1.60. The lowest BCUT2D eigenvalue weighted by atomic mass is 9.76. The van der Waals surface area contributed by atoms with Crippen molar-refractivity contribution in [2.75, 3.05) is 19.8 Å². The number of aromatic nitrogens is 3. The van der Waals surface area contributed by atoms with Crippen molar-refractivity contribution >= 4 is 0 Å². The molecule has 0 spiro atoms. The fraction of sp³-hybridized carbons (Fsp3) is 0.440. The van der Waals surface area contributed by atoms with Crippen LogP contribution in [0.2, 0.25) is 0 Å². The number of alkyl halides is 6. The standard InChI is InChI=1S/C25H26F6N4O2/c1-17(18-9-20(24(26,27)28)11-21(10-18)25(29,30)31)37-14-23(19-5-3-2-4-6-19)8-7-22(13-36,12-32-23)35-15-33-34-16-35/h2-6,9-11,15-17,32,36H,7-8,12-14H2,1H3. The van der Waals surface area contributed by atoms with Gasteiger partial charge in [-0.1, -0.05) is 30.3 Å². The highest BCUT2D eigenvalue weighted by atomic mass is 19.4. The van der Waals surface area contributed by atoms with Crippen molar-refractivity contribution in [1.29, 1.82) is 0 Å². The summed E-state index contributed by atoms with van der Waals surface area (Å²) in [4.78, 5) is 0. The Morgan fingerprint density at radius 3 is 2.05 bits per heavy atom. The van der Waals surface area contributed by atoms with Crippen LogP contribution in [-0.2, 0) is 28.2 Å². The number of halogens is 6. The number of aliphatic hydroxyl groups is 1. The predicted molar refractivity (Wildman–Crippen MR) is 121 cm³/mol. The summed E-state index contributed by atoms with van der Waals surface area (Å²) in [7, 11) is 0. The highest BCUT2D eigenvalue weighted by Crippen LogP contribution is 2.40. The topological polar surface area (TPSA) is 72.2 Å². The van der Waals surface area contributed by atoms with Gasteiger partial charge in [-0.3, -0.25) is 0 Å². The molecule has 3 atom stereocenters. The van der Waals surface area contributed by atoms with Crippen LogP contribution in [-0.4, -0.2) is 39.6 Å². The average Bonchev–Trinajstić information content (AvgIpc) is 3.43. The molecular weight excluding hydrogens is 502 g/mol. The molecule has 1 aromatic heterocycles. The summed E-state index contributed by atoms with van der Waals surface area (Å²) in [5.41, 5.74) is -3.66. The molecule has 37 heavy (non-hydrogen) atoms. The lowest BCUT2D eigenvalue weighted by molar-refractivity contribution is -0.143. The smallest absolute Gasteiger partial charge is 0.394 e. The van der Waals surface area contributed by atoms with E-state index < -0.39 is 40.7 Å². The van der Waals surface area contributed by atoms with Crippen LogP contribution in [0.4, 0.5) is 26.3 Å². The summed E-state index contributed by atoms with van der Waals surface area (Å²) < 4.78 is 87.7. The molecule has 0 bridgehead atoms. The number of benzene rings is 2. The largest absolute Gasteiger partial charge is 0.416 e. The minimum atomic E-state index is -4.94. The van der Waals surface area contributed by atoms with E-state index in [1.165, 1.54) is 19.6 Å². The molecule has 12 heteroatoms. The molecule has 3 unspecified atom stereocenters. The highest BCUT2D eigenvalue weighted by Gasteiger charge is 2.45. The van der Waals surface area contributed by atoms with E-state index in [0.717, 1.165) is 5.56 Å². The molecule has 2 aromatic carbocycles. The van der Waals surface area contributed by atoms with Crippen molar-refractivity contribution in [2.45, 2.75) is 49.3 Å². The summed E-state index contributed by atoms with van der Waals surface area (Å²) in [6.07, 6.45) is -6.98. The molecule has 0 saturated carbocycles. The third kappa shape index (κ3) is 5.65. The van der Waals surface area contributed by atoms with Crippen LogP contribution in [0, 0.1) is 0 Å². The Bertz CT molecular complexity index is 1140. The summed E-state index contributed by atoms with van der Waals surface area (Å²) in [5, 5.41) is 21.2. The molecule has 6 nitrogen and oxygen atoms in total. The van der Waals surface area contributed by atoms with Gasteiger partial charge in [-0.05, 0) is 49.1 Å². The number of ether oxygens (including phenoxy) is 1. The first-order valence-corrected chi connectivity index (χ1v) is 11.6. The van der Waals surface area contributed by atoms with Gasteiger partial charge in [0.25, 0.3) is 0 Å². The Morgan fingerprint density at radius 1 is 0.973 bits per heavy atom. The summed E-state index contributed by atoms with van der Waals surface area (Å²) in [5.74, 6) is 0. The van der Waals surface area contributed by atoms with E-state index in [1.54, 1.807) is 4.57 Å². The number of hydrogen-bond acceptors (Lipinski definition) is 5. The molecule has 1 fully saturated rings. The monoisotopic (exact) mass is 528 g/mol. The molecule has 0 radical (unpaired) electrons. The molecule has 0 amide bonds. The van der Waals surface area contributed by atoms with Crippen LogP contribution in [0.25, 0.3) is 0 Å². The Labute approximate surface area is 209 Å². The Morgan fingerprint density at radius 2 is 1.57 bits per heavy atom. The van der Waals surface area contributed by atoms with Gasteiger partial charge < -0.3 is 19.7 Å². The first kappa shape index (κ1) is 27.1. The summed E-state index contributed by atoms with van der Waals surface area (Å²) in [6.45, 7) is 1.51. The van der Waals surface area contributed by atoms with Crippen molar-refractivity contribution in [2.24, 2.45) is 0 Å². The van der Waals surface area contributed by atoms with Crippen LogP contribution in [0.5, 0.6) is 0 Å². The number of rotatable bonds is 7. The van der Waals surface area contributed by atoms with Crippen molar-refractivity contribution in [3.05, 3.63) is 83.4 Å². The van der Waals surface area contributed by atoms with E-state index in [1.807, 2.05) is 30.3 Å². The third-order valence-corrected chi connectivity index (χ3v) is 7.02. The van der Waals surface area contributed by atoms with Crippen LogP contribution < -0.4 is 5.32 Å². The number of hydrogen-bond donors (Lipinski definition) is 2. The lowest BCUT2D eigenvalue weighted by Crippen LogP contribution is -2.60. The minimum absolute atomic E-state index is 0.0283. The number of piperidine rings is 1. The first-order valence-electron chi connectivity index (χ1n) is 11.6. The van der Waals surface area contributed by atoms with Gasteiger partial charge >= 0.3 is 12.4 Å². The molecule has 3 aromatic rings. The maximum atomic E-state index is 13.3. The zero-order valence-corrected chi connectivity index (χ0v) is 19.9. The van der Waals surface area contributed by atoms with Gasteiger partial charge in [0, 0.05) is 6.54 Å². The fourth-order valence-electron chi connectivity index (χ4n) is 4.63. The summed E-state index contributed by atoms with van der Waals surface area (Å²) >= 11 is 0. The number of nitrogens with one attached hydrogen (secondary N) is 1. The predicted octanol–water partition coefficient (Wildman–Crippen LogP) is 5.06.